The molecule has 1 heterocycles. The molecule has 0 aliphatic carbocycles. The second kappa shape index (κ2) is 6.99. The lowest BCUT2D eigenvalue weighted by molar-refractivity contribution is -0.118. The largest absolute Gasteiger partial charge is 0.377 e. The van der Waals surface area contributed by atoms with E-state index in [0.717, 1.165) is 26.1 Å². The van der Waals surface area contributed by atoms with Gasteiger partial charge in [-0.1, -0.05) is 6.92 Å². The summed E-state index contributed by atoms with van der Waals surface area (Å²) in [5.74, 6) is 0.353. The molecule has 1 saturated heterocycles. The van der Waals surface area contributed by atoms with Crippen LogP contribution in [0.25, 0.3) is 0 Å². The van der Waals surface area contributed by atoms with Gasteiger partial charge in [0.15, 0.2) is 0 Å². The summed E-state index contributed by atoms with van der Waals surface area (Å²) >= 11 is 0. The van der Waals surface area contributed by atoms with Crippen LogP contribution in [0, 0.1) is 0 Å². The van der Waals surface area contributed by atoms with E-state index in [1.54, 1.807) is 14.2 Å². The van der Waals surface area contributed by atoms with Crippen LogP contribution >= 0.6 is 0 Å². The molecule has 0 bridgehead atoms. The van der Waals surface area contributed by atoms with E-state index in [1.807, 2.05) is 6.92 Å². The van der Waals surface area contributed by atoms with E-state index in [1.165, 1.54) is 0 Å². The highest BCUT2D eigenvalue weighted by atomic mass is 16.5. The third-order valence-corrected chi connectivity index (χ3v) is 3.22. The first-order valence-corrected chi connectivity index (χ1v) is 6.00. The van der Waals surface area contributed by atoms with E-state index in [-0.39, 0.29) is 12.2 Å². The number of methoxy groups -OCH3 is 2. The van der Waals surface area contributed by atoms with E-state index in [2.05, 4.69) is 4.90 Å². The zero-order valence-corrected chi connectivity index (χ0v) is 10.6. The second-order valence-corrected chi connectivity index (χ2v) is 4.30. The quantitative estimate of drug-likeness (QED) is 0.655. The van der Waals surface area contributed by atoms with Gasteiger partial charge < -0.3 is 9.47 Å². The van der Waals surface area contributed by atoms with Crippen molar-refractivity contribution in [1.29, 1.82) is 0 Å². The monoisotopic (exact) mass is 229 g/mol. The summed E-state index contributed by atoms with van der Waals surface area (Å²) in [4.78, 5) is 13.5. The molecule has 0 aromatic carbocycles. The minimum absolute atomic E-state index is 0.173. The molecule has 2 unspecified atom stereocenters. The van der Waals surface area contributed by atoms with Crippen LogP contribution in [0.5, 0.6) is 0 Å². The van der Waals surface area contributed by atoms with E-state index in [9.17, 15) is 4.79 Å². The molecule has 0 amide bonds. The topological polar surface area (TPSA) is 38.8 Å². The van der Waals surface area contributed by atoms with Crippen molar-refractivity contribution < 1.29 is 14.3 Å². The number of nitrogens with zero attached hydrogens (tertiary/aromatic N) is 1. The summed E-state index contributed by atoms with van der Waals surface area (Å²) in [5, 5.41) is 0. The van der Waals surface area contributed by atoms with Crippen molar-refractivity contribution in [2.45, 2.75) is 38.4 Å². The van der Waals surface area contributed by atoms with Crippen LogP contribution in [0.1, 0.15) is 26.2 Å². The zero-order chi connectivity index (χ0) is 12.0. The van der Waals surface area contributed by atoms with Crippen LogP contribution < -0.4 is 0 Å². The third kappa shape index (κ3) is 3.85. The van der Waals surface area contributed by atoms with Gasteiger partial charge in [-0.15, -0.1) is 0 Å². The second-order valence-electron chi connectivity index (χ2n) is 4.30. The fourth-order valence-corrected chi connectivity index (χ4v) is 2.13. The minimum atomic E-state index is 0.173. The molecule has 4 heteroatoms. The van der Waals surface area contributed by atoms with Crippen LogP contribution in [0.4, 0.5) is 0 Å². The number of hydrogen-bond donors (Lipinski definition) is 0. The predicted molar refractivity (Wildman–Crippen MR) is 62.6 cm³/mol. The van der Waals surface area contributed by atoms with Crippen molar-refractivity contribution in [3.63, 3.8) is 0 Å². The van der Waals surface area contributed by atoms with E-state index in [4.69, 9.17) is 9.47 Å². The van der Waals surface area contributed by atoms with Crippen LogP contribution in [0.15, 0.2) is 0 Å². The van der Waals surface area contributed by atoms with Gasteiger partial charge in [0.25, 0.3) is 0 Å². The molecule has 1 rings (SSSR count). The van der Waals surface area contributed by atoms with E-state index < -0.39 is 0 Å². The van der Waals surface area contributed by atoms with Crippen molar-refractivity contribution in [2.24, 2.45) is 0 Å². The molecule has 1 aliphatic rings. The number of ketones is 1. The first-order chi connectivity index (χ1) is 7.71. The average Bonchev–Trinajstić information content (AvgIpc) is 2.71. The lowest BCUT2D eigenvalue weighted by Crippen LogP contribution is -2.27. The molecule has 1 fully saturated rings. The van der Waals surface area contributed by atoms with Crippen molar-refractivity contribution in [2.75, 3.05) is 33.9 Å². The molecule has 0 aromatic heterocycles. The van der Waals surface area contributed by atoms with Crippen LogP contribution in [-0.2, 0) is 14.3 Å². The van der Waals surface area contributed by atoms with Gasteiger partial charge in [-0.3, -0.25) is 9.69 Å². The highest BCUT2D eigenvalue weighted by Gasteiger charge is 2.32. The van der Waals surface area contributed by atoms with E-state index >= 15 is 0 Å². The average molecular weight is 229 g/mol. The van der Waals surface area contributed by atoms with Gasteiger partial charge >= 0.3 is 0 Å². The maximum Gasteiger partial charge on any atom is 0.132 e. The Morgan fingerprint density at radius 1 is 1.25 bits per heavy atom. The predicted octanol–water partition coefficient (Wildman–Crippen LogP) is 1.09. The lowest BCUT2D eigenvalue weighted by Gasteiger charge is -2.14. The van der Waals surface area contributed by atoms with Gasteiger partial charge in [0.05, 0.1) is 12.2 Å². The number of carbonyl (C=O) groups is 1. The van der Waals surface area contributed by atoms with Gasteiger partial charge in [0, 0.05) is 40.2 Å². The van der Waals surface area contributed by atoms with Crippen LogP contribution in [0.3, 0.4) is 0 Å². The molecular formula is C12H23NO3. The molecular weight excluding hydrogens is 206 g/mol. The molecule has 0 spiro atoms. The first kappa shape index (κ1) is 13.6. The van der Waals surface area contributed by atoms with Crippen molar-refractivity contribution in [3.8, 4) is 0 Å². The number of ether oxygens (including phenoxy) is 2. The van der Waals surface area contributed by atoms with Crippen molar-refractivity contribution in [3.05, 3.63) is 0 Å². The summed E-state index contributed by atoms with van der Waals surface area (Å²) in [5.41, 5.74) is 0. The number of likely N-dealkylation sites (tertiary alicyclic amines) is 1. The maximum absolute atomic E-state index is 11.2. The maximum atomic E-state index is 11.2. The molecule has 2 atom stereocenters. The Labute approximate surface area is 97.9 Å². The molecule has 4 nitrogen and oxygen atoms in total. The Morgan fingerprint density at radius 3 is 2.25 bits per heavy atom. The van der Waals surface area contributed by atoms with Gasteiger partial charge in [-0.05, 0) is 13.0 Å². The standard InChI is InChI=1S/C12H23NO3/c1-4-10(14)6-5-7-13-8-11(15-2)12(9-13)16-3/h11-12H,4-9H2,1-3H3. The molecule has 94 valence electrons. The van der Waals surface area contributed by atoms with Gasteiger partial charge in [0.2, 0.25) is 0 Å². The molecule has 0 aromatic rings. The molecule has 1 aliphatic heterocycles. The van der Waals surface area contributed by atoms with Crippen LogP contribution in [0.2, 0.25) is 0 Å². The van der Waals surface area contributed by atoms with Gasteiger partial charge in [-0.25, -0.2) is 0 Å². The normalized spacial score (nSPS) is 26.2. The number of carbonyl (C=O) groups excluding carboxylic acids is 1. The summed E-state index contributed by atoms with van der Waals surface area (Å²) < 4.78 is 10.7. The number of Topliss-reactive ketones (excluding diaryl/α,β-unsaturated/α-hetero) is 1. The van der Waals surface area contributed by atoms with Gasteiger partial charge in [-0.2, -0.15) is 0 Å². The molecule has 0 N–H and O–H groups in total. The lowest BCUT2D eigenvalue weighted by atomic mass is 10.2. The number of hydrogen-bond acceptors (Lipinski definition) is 4. The molecule has 0 saturated carbocycles. The summed E-state index contributed by atoms with van der Waals surface area (Å²) in [6.45, 7) is 4.70. The fraction of sp³-hybridized carbons (Fsp3) is 0.917. The molecule has 0 radical (unpaired) electrons. The summed E-state index contributed by atoms with van der Waals surface area (Å²) in [6.07, 6.45) is 2.64. The Morgan fingerprint density at radius 2 is 1.81 bits per heavy atom. The third-order valence-electron chi connectivity index (χ3n) is 3.22. The van der Waals surface area contributed by atoms with Crippen molar-refractivity contribution in [1.82, 2.24) is 4.90 Å². The minimum Gasteiger partial charge on any atom is -0.377 e. The Bertz CT molecular complexity index is 208. The SMILES string of the molecule is CCC(=O)CCCN1CC(OC)C(OC)C1. The van der Waals surface area contributed by atoms with E-state index in [0.29, 0.717) is 18.6 Å². The number of rotatable bonds is 7. The van der Waals surface area contributed by atoms with Gasteiger partial charge in [0.1, 0.15) is 5.78 Å². The first-order valence-electron chi connectivity index (χ1n) is 6.00. The Balaban J connectivity index is 2.22. The van der Waals surface area contributed by atoms with Crippen molar-refractivity contribution >= 4 is 5.78 Å². The summed E-state index contributed by atoms with van der Waals surface area (Å²) in [7, 11) is 3.45. The highest BCUT2D eigenvalue weighted by molar-refractivity contribution is 5.77. The zero-order valence-electron chi connectivity index (χ0n) is 10.6. The highest BCUT2D eigenvalue weighted by Crippen LogP contribution is 2.16. The molecule has 16 heavy (non-hydrogen) atoms. The Kier molecular flexibility index (Phi) is 5.95. The Hall–Kier alpha value is -0.450. The van der Waals surface area contributed by atoms with Crippen LogP contribution in [-0.4, -0.2) is 56.7 Å². The summed E-state index contributed by atoms with van der Waals surface area (Å²) in [6, 6.07) is 0. The smallest absolute Gasteiger partial charge is 0.132 e. The fourth-order valence-electron chi connectivity index (χ4n) is 2.13.